The molecule has 0 saturated carbocycles. The predicted octanol–water partition coefficient (Wildman–Crippen LogP) is 3.05. The zero-order chi connectivity index (χ0) is 19.6. The summed E-state index contributed by atoms with van der Waals surface area (Å²) in [7, 11) is 1.71. The van der Waals surface area contributed by atoms with Crippen molar-refractivity contribution in [3.63, 3.8) is 0 Å². The minimum absolute atomic E-state index is 0.0729. The number of benzene rings is 1. The van der Waals surface area contributed by atoms with Crippen LogP contribution in [0.5, 0.6) is 0 Å². The highest BCUT2D eigenvalue weighted by atomic mass is 79.9. The lowest BCUT2D eigenvalue weighted by Gasteiger charge is -2.11. The molecular weight excluding hydrogens is 410 g/mol. The molecule has 1 amide bonds. The molecule has 27 heavy (non-hydrogen) atoms. The zero-order valence-electron chi connectivity index (χ0n) is 15.9. The molecule has 7 nitrogen and oxygen atoms in total. The van der Waals surface area contributed by atoms with Crippen LogP contribution in [0.15, 0.2) is 44.3 Å². The molecule has 2 rings (SSSR count). The largest absolute Gasteiger partial charge is 0.359 e. The second kappa shape index (κ2) is 10.7. The van der Waals surface area contributed by atoms with Crippen molar-refractivity contribution >= 4 is 27.8 Å². The third-order valence-electron chi connectivity index (χ3n) is 3.86. The van der Waals surface area contributed by atoms with E-state index in [0.717, 1.165) is 22.3 Å². The summed E-state index contributed by atoms with van der Waals surface area (Å²) in [5.74, 6) is 1.71. The Labute approximate surface area is 168 Å². The molecule has 0 spiro atoms. The molecule has 1 heterocycles. The number of hydrogen-bond donors (Lipinski definition) is 3. The fourth-order valence-corrected chi connectivity index (χ4v) is 2.54. The second-order valence-corrected chi connectivity index (χ2v) is 7.26. The summed E-state index contributed by atoms with van der Waals surface area (Å²) in [5, 5.41) is 13.3. The minimum Gasteiger partial charge on any atom is -0.359 e. The van der Waals surface area contributed by atoms with E-state index in [-0.39, 0.29) is 5.91 Å². The summed E-state index contributed by atoms with van der Waals surface area (Å²) in [6.45, 7) is 5.93. The molecule has 0 aliphatic heterocycles. The van der Waals surface area contributed by atoms with E-state index >= 15 is 0 Å². The molecule has 0 bridgehead atoms. The van der Waals surface area contributed by atoms with Crippen molar-refractivity contribution in [2.24, 2.45) is 4.99 Å². The van der Waals surface area contributed by atoms with E-state index in [0.29, 0.717) is 37.1 Å². The molecule has 146 valence electrons. The summed E-state index contributed by atoms with van der Waals surface area (Å²) in [4.78, 5) is 16.2. The number of nitrogens with zero attached hydrogens (tertiary/aromatic N) is 2. The number of rotatable bonds is 8. The van der Waals surface area contributed by atoms with Crippen LogP contribution in [0.4, 0.5) is 0 Å². The van der Waals surface area contributed by atoms with Crippen LogP contribution >= 0.6 is 15.9 Å². The van der Waals surface area contributed by atoms with Crippen LogP contribution in [0.1, 0.15) is 48.0 Å². The maximum absolute atomic E-state index is 12.0. The Bertz CT molecular complexity index is 756. The van der Waals surface area contributed by atoms with Crippen molar-refractivity contribution < 1.29 is 9.32 Å². The first-order chi connectivity index (χ1) is 13.0. The summed E-state index contributed by atoms with van der Waals surface area (Å²) in [5.41, 5.74) is 1.59. The number of halogens is 1. The van der Waals surface area contributed by atoms with Gasteiger partial charge >= 0.3 is 0 Å². The highest BCUT2D eigenvalue weighted by Crippen LogP contribution is 2.13. The van der Waals surface area contributed by atoms with Gasteiger partial charge in [0.1, 0.15) is 0 Å². The summed E-state index contributed by atoms with van der Waals surface area (Å²) >= 11 is 3.36. The number of hydrogen-bond acceptors (Lipinski definition) is 4. The van der Waals surface area contributed by atoms with Gasteiger partial charge in [0.2, 0.25) is 0 Å². The molecular formula is C19H26BrN5O2. The first-order valence-electron chi connectivity index (χ1n) is 8.93. The van der Waals surface area contributed by atoms with Gasteiger partial charge in [-0.1, -0.05) is 34.9 Å². The highest BCUT2D eigenvalue weighted by Gasteiger charge is 2.08. The standard InChI is InChI=1S/C19H26BrN5O2/c1-13(2)17-11-16(27-25-17)12-24-19(21-3)23-10-4-9-22-18(26)14-5-7-15(20)8-6-14/h5-8,11,13H,4,9-10,12H2,1-3H3,(H,22,26)(H2,21,23,24). The number of guanidine groups is 1. The van der Waals surface area contributed by atoms with Crippen LogP contribution in [0.3, 0.4) is 0 Å². The van der Waals surface area contributed by atoms with E-state index in [1.807, 2.05) is 18.2 Å². The summed E-state index contributed by atoms with van der Waals surface area (Å²) in [6, 6.07) is 9.23. The third kappa shape index (κ3) is 7.05. The Balaban J connectivity index is 1.64. The number of aliphatic imine (C=N–C) groups is 1. The van der Waals surface area contributed by atoms with E-state index in [1.54, 1.807) is 19.2 Å². The molecule has 3 N–H and O–H groups in total. The molecule has 1 aromatic heterocycles. The normalized spacial score (nSPS) is 11.5. The molecule has 0 aliphatic rings. The Morgan fingerprint density at radius 1 is 1.19 bits per heavy atom. The van der Waals surface area contributed by atoms with Crippen LogP contribution in [0, 0.1) is 0 Å². The number of carbonyl (C=O) groups is 1. The van der Waals surface area contributed by atoms with Crippen LogP contribution in [-0.2, 0) is 6.54 Å². The minimum atomic E-state index is -0.0729. The van der Waals surface area contributed by atoms with Gasteiger partial charge in [0.15, 0.2) is 11.7 Å². The lowest BCUT2D eigenvalue weighted by atomic mass is 10.1. The van der Waals surface area contributed by atoms with Crippen molar-refractivity contribution in [3.05, 3.63) is 51.8 Å². The first-order valence-corrected chi connectivity index (χ1v) is 9.72. The Hall–Kier alpha value is -2.35. The topological polar surface area (TPSA) is 91.5 Å². The van der Waals surface area contributed by atoms with Crippen molar-refractivity contribution in [1.82, 2.24) is 21.1 Å². The van der Waals surface area contributed by atoms with Gasteiger partial charge in [0.25, 0.3) is 5.91 Å². The summed E-state index contributed by atoms with van der Waals surface area (Å²) in [6.07, 6.45) is 0.781. The summed E-state index contributed by atoms with van der Waals surface area (Å²) < 4.78 is 6.25. The average molecular weight is 436 g/mol. The van der Waals surface area contributed by atoms with Gasteiger partial charge in [0, 0.05) is 36.2 Å². The molecule has 8 heteroatoms. The lowest BCUT2D eigenvalue weighted by molar-refractivity contribution is 0.0953. The highest BCUT2D eigenvalue weighted by molar-refractivity contribution is 9.10. The lowest BCUT2D eigenvalue weighted by Crippen LogP contribution is -2.38. The zero-order valence-corrected chi connectivity index (χ0v) is 17.5. The Kier molecular flexibility index (Phi) is 8.32. The van der Waals surface area contributed by atoms with Gasteiger partial charge in [-0.05, 0) is 36.6 Å². The van der Waals surface area contributed by atoms with Gasteiger partial charge < -0.3 is 20.5 Å². The van der Waals surface area contributed by atoms with Gasteiger partial charge in [0.05, 0.1) is 12.2 Å². The maximum Gasteiger partial charge on any atom is 0.251 e. The molecule has 2 aromatic rings. The van der Waals surface area contributed by atoms with Crippen LogP contribution in [0.2, 0.25) is 0 Å². The van der Waals surface area contributed by atoms with E-state index in [4.69, 9.17) is 4.52 Å². The molecule has 0 fully saturated rings. The van der Waals surface area contributed by atoms with Gasteiger partial charge in [-0.25, -0.2) is 0 Å². The number of nitrogens with one attached hydrogen (secondary N) is 3. The predicted molar refractivity (Wildman–Crippen MR) is 110 cm³/mol. The van der Waals surface area contributed by atoms with Gasteiger partial charge in [-0.15, -0.1) is 0 Å². The number of amides is 1. The fourth-order valence-electron chi connectivity index (χ4n) is 2.28. The molecule has 0 atom stereocenters. The van der Waals surface area contributed by atoms with E-state index < -0.39 is 0 Å². The first kappa shape index (κ1) is 21.0. The van der Waals surface area contributed by atoms with E-state index in [1.165, 1.54) is 0 Å². The number of aromatic nitrogens is 1. The maximum atomic E-state index is 12.0. The van der Waals surface area contributed by atoms with Crippen molar-refractivity contribution in [2.75, 3.05) is 20.1 Å². The van der Waals surface area contributed by atoms with Crippen molar-refractivity contribution in [3.8, 4) is 0 Å². The Morgan fingerprint density at radius 2 is 1.89 bits per heavy atom. The fraction of sp³-hybridized carbons (Fsp3) is 0.421. The molecule has 0 unspecified atom stereocenters. The van der Waals surface area contributed by atoms with E-state index in [9.17, 15) is 4.79 Å². The molecule has 0 saturated heterocycles. The van der Waals surface area contributed by atoms with Gasteiger partial charge in [-0.3, -0.25) is 9.79 Å². The second-order valence-electron chi connectivity index (χ2n) is 6.34. The third-order valence-corrected chi connectivity index (χ3v) is 4.39. The average Bonchev–Trinajstić information content (AvgIpc) is 3.13. The smallest absolute Gasteiger partial charge is 0.251 e. The quantitative estimate of drug-likeness (QED) is 0.336. The monoisotopic (exact) mass is 435 g/mol. The Morgan fingerprint density at radius 3 is 2.52 bits per heavy atom. The van der Waals surface area contributed by atoms with Crippen molar-refractivity contribution in [1.29, 1.82) is 0 Å². The molecule has 1 aromatic carbocycles. The SMILES string of the molecule is CN=C(NCCCNC(=O)c1ccc(Br)cc1)NCc1cc(C(C)C)no1. The van der Waals surface area contributed by atoms with Gasteiger partial charge in [-0.2, -0.15) is 0 Å². The van der Waals surface area contributed by atoms with Crippen LogP contribution in [0.25, 0.3) is 0 Å². The van der Waals surface area contributed by atoms with Crippen LogP contribution in [-0.4, -0.2) is 37.2 Å². The molecule has 0 radical (unpaired) electrons. The molecule has 0 aliphatic carbocycles. The van der Waals surface area contributed by atoms with E-state index in [2.05, 4.69) is 55.9 Å². The van der Waals surface area contributed by atoms with Crippen molar-refractivity contribution in [2.45, 2.75) is 32.7 Å². The number of carbonyl (C=O) groups excluding carboxylic acids is 1. The van der Waals surface area contributed by atoms with Crippen LogP contribution < -0.4 is 16.0 Å².